The van der Waals surface area contributed by atoms with Crippen LogP contribution in [-0.2, 0) is 0 Å². The van der Waals surface area contributed by atoms with E-state index in [4.69, 9.17) is 4.74 Å². The highest BCUT2D eigenvalue weighted by Gasteiger charge is 2.02. The van der Waals surface area contributed by atoms with Gasteiger partial charge < -0.3 is 4.74 Å². The van der Waals surface area contributed by atoms with Crippen LogP contribution in [0.15, 0.2) is 42.7 Å². The Morgan fingerprint density at radius 1 is 0.857 bits per heavy atom. The zero-order chi connectivity index (χ0) is 14.8. The molecule has 3 heteroatoms. The number of aromatic nitrogens is 2. The molecular formula is C18H24N2O. The van der Waals surface area contributed by atoms with Gasteiger partial charge in [-0.15, -0.1) is 0 Å². The first-order valence-electron chi connectivity index (χ1n) is 7.90. The van der Waals surface area contributed by atoms with Crippen molar-refractivity contribution in [1.82, 2.24) is 9.97 Å². The molecule has 3 nitrogen and oxygen atoms in total. The summed E-state index contributed by atoms with van der Waals surface area (Å²) in [6.45, 7) is 3.02. The average molecular weight is 284 g/mol. The minimum Gasteiger partial charge on any atom is -0.493 e. The summed E-state index contributed by atoms with van der Waals surface area (Å²) in [5.41, 5.74) is 1.73. The Morgan fingerprint density at radius 3 is 2.48 bits per heavy atom. The molecule has 2 rings (SSSR count). The van der Waals surface area contributed by atoms with Crippen molar-refractivity contribution in [2.75, 3.05) is 6.61 Å². The van der Waals surface area contributed by atoms with Gasteiger partial charge in [-0.3, -0.25) is 9.97 Å². The molecule has 0 N–H and O–H groups in total. The highest BCUT2D eigenvalue weighted by atomic mass is 16.5. The molecule has 0 aromatic carbocycles. The number of ether oxygens (including phenoxy) is 1. The molecule has 0 aliphatic heterocycles. The monoisotopic (exact) mass is 284 g/mol. The molecule has 2 aromatic heterocycles. The van der Waals surface area contributed by atoms with E-state index in [0.717, 1.165) is 30.2 Å². The smallest absolute Gasteiger partial charge is 0.123 e. The molecule has 0 bridgehead atoms. The maximum atomic E-state index is 5.81. The minimum atomic E-state index is 0.776. The molecule has 2 aromatic rings. The molecule has 2 heterocycles. The number of unbranched alkanes of at least 4 members (excludes halogenated alkanes) is 5. The van der Waals surface area contributed by atoms with Gasteiger partial charge in [0, 0.05) is 18.5 Å². The summed E-state index contributed by atoms with van der Waals surface area (Å²) in [5.74, 6) is 0.874. The third-order valence-electron chi connectivity index (χ3n) is 3.43. The van der Waals surface area contributed by atoms with Gasteiger partial charge >= 0.3 is 0 Å². The Hall–Kier alpha value is -1.90. The molecule has 0 atom stereocenters. The van der Waals surface area contributed by atoms with Crippen LogP contribution in [0, 0.1) is 0 Å². The Morgan fingerprint density at radius 2 is 1.67 bits per heavy atom. The molecule has 0 radical (unpaired) electrons. The van der Waals surface area contributed by atoms with Gasteiger partial charge in [-0.1, -0.05) is 45.1 Å². The predicted octanol–water partition coefficient (Wildman–Crippen LogP) is 4.88. The summed E-state index contributed by atoms with van der Waals surface area (Å²) in [4.78, 5) is 8.66. The van der Waals surface area contributed by atoms with E-state index in [-0.39, 0.29) is 0 Å². The van der Waals surface area contributed by atoms with Crippen LogP contribution < -0.4 is 4.74 Å². The first-order valence-corrected chi connectivity index (χ1v) is 7.90. The van der Waals surface area contributed by atoms with Crippen molar-refractivity contribution >= 4 is 0 Å². The fraction of sp³-hybridized carbons (Fsp3) is 0.444. The molecule has 0 spiro atoms. The number of nitrogens with zero attached hydrogens (tertiary/aromatic N) is 2. The van der Waals surface area contributed by atoms with Crippen LogP contribution in [0.1, 0.15) is 45.4 Å². The topological polar surface area (TPSA) is 35.0 Å². The van der Waals surface area contributed by atoms with Crippen LogP contribution in [0.5, 0.6) is 5.75 Å². The van der Waals surface area contributed by atoms with Crippen LogP contribution >= 0.6 is 0 Å². The molecule has 0 aliphatic carbocycles. The quantitative estimate of drug-likeness (QED) is 0.615. The summed E-state index contributed by atoms with van der Waals surface area (Å²) in [7, 11) is 0. The number of pyridine rings is 2. The van der Waals surface area contributed by atoms with E-state index < -0.39 is 0 Å². The van der Waals surface area contributed by atoms with Crippen molar-refractivity contribution in [3.8, 4) is 17.1 Å². The summed E-state index contributed by atoms with van der Waals surface area (Å²) < 4.78 is 5.81. The van der Waals surface area contributed by atoms with E-state index in [1.165, 1.54) is 32.1 Å². The fourth-order valence-corrected chi connectivity index (χ4v) is 2.23. The van der Waals surface area contributed by atoms with Crippen molar-refractivity contribution in [3.05, 3.63) is 42.7 Å². The van der Waals surface area contributed by atoms with E-state index in [1.807, 2.05) is 30.3 Å². The van der Waals surface area contributed by atoms with Crippen molar-refractivity contribution in [3.63, 3.8) is 0 Å². The molecule has 0 saturated carbocycles. The van der Waals surface area contributed by atoms with Gasteiger partial charge in [0.2, 0.25) is 0 Å². The molecule has 0 amide bonds. The molecule has 112 valence electrons. The summed E-state index contributed by atoms with van der Waals surface area (Å²) in [6, 6.07) is 9.69. The lowest BCUT2D eigenvalue weighted by atomic mass is 10.1. The lowest BCUT2D eigenvalue weighted by Gasteiger charge is -2.07. The predicted molar refractivity (Wildman–Crippen MR) is 86.3 cm³/mol. The lowest BCUT2D eigenvalue weighted by Crippen LogP contribution is -1.98. The molecule has 0 unspecified atom stereocenters. The SMILES string of the molecule is CCCCCCCCOc1ccnc(-c2ccccn2)c1. The molecular weight excluding hydrogens is 260 g/mol. The molecule has 0 saturated heterocycles. The van der Waals surface area contributed by atoms with Gasteiger partial charge in [0.1, 0.15) is 5.75 Å². The zero-order valence-corrected chi connectivity index (χ0v) is 12.8. The Labute approximate surface area is 127 Å². The van der Waals surface area contributed by atoms with Crippen LogP contribution in [-0.4, -0.2) is 16.6 Å². The van der Waals surface area contributed by atoms with Gasteiger partial charge in [-0.25, -0.2) is 0 Å². The maximum Gasteiger partial charge on any atom is 0.123 e. The van der Waals surface area contributed by atoms with E-state index in [2.05, 4.69) is 16.9 Å². The number of hydrogen-bond acceptors (Lipinski definition) is 3. The average Bonchev–Trinajstić information content (AvgIpc) is 2.55. The summed E-state index contributed by atoms with van der Waals surface area (Å²) in [5, 5.41) is 0. The maximum absolute atomic E-state index is 5.81. The van der Waals surface area contributed by atoms with E-state index >= 15 is 0 Å². The number of hydrogen-bond donors (Lipinski definition) is 0. The van der Waals surface area contributed by atoms with Gasteiger partial charge in [0.25, 0.3) is 0 Å². The van der Waals surface area contributed by atoms with Crippen molar-refractivity contribution < 1.29 is 4.74 Å². The third kappa shape index (κ3) is 5.54. The zero-order valence-electron chi connectivity index (χ0n) is 12.8. The molecule has 0 aliphatic rings. The van der Waals surface area contributed by atoms with Crippen LogP contribution in [0.25, 0.3) is 11.4 Å². The standard InChI is InChI=1S/C18H24N2O/c1-2-3-4-5-6-9-14-21-16-11-13-20-18(15-16)17-10-7-8-12-19-17/h7-8,10-13,15H,2-6,9,14H2,1H3. The van der Waals surface area contributed by atoms with Crippen LogP contribution in [0.3, 0.4) is 0 Å². The lowest BCUT2D eigenvalue weighted by molar-refractivity contribution is 0.304. The van der Waals surface area contributed by atoms with Crippen LogP contribution in [0.4, 0.5) is 0 Å². The highest BCUT2D eigenvalue weighted by Crippen LogP contribution is 2.19. The third-order valence-corrected chi connectivity index (χ3v) is 3.43. The molecule has 21 heavy (non-hydrogen) atoms. The van der Waals surface area contributed by atoms with Crippen molar-refractivity contribution in [2.45, 2.75) is 45.4 Å². The van der Waals surface area contributed by atoms with Gasteiger partial charge in [-0.05, 0) is 24.6 Å². The second-order valence-electron chi connectivity index (χ2n) is 5.21. The second-order valence-corrected chi connectivity index (χ2v) is 5.21. The fourth-order valence-electron chi connectivity index (χ4n) is 2.23. The number of rotatable bonds is 9. The van der Waals surface area contributed by atoms with Crippen LogP contribution in [0.2, 0.25) is 0 Å². The first kappa shape index (κ1) is 15.5. The van der Waals surface area contributed by atoms with E-state index in [0.29, 0.717) is 0 Å². The highest BCUT2D eigenvalue weighted by molar-refractivity contribution is 5.55. The normalized spacial score (nSPS) is 10.5. The van der Waals surface area contributed by atoms with E-state index in [1.54, 1.807) is 12.4 Å². The van der Waals surface area contributed by atoms with Gasteiger partial charge in [-0.2, -0.15) is 0 Å². The minimum absolute atomic E-state index is 0.776. The summed E-state index contributed by atoms with van der Waals surface area (Å²) in [6.07, 6.45) is 11.2. The Kier molecular flexibility index (Phi) is 6.72. The van der Waals surface area contributed by atoms with Gasteiger partial charge in [0.05, 0.1) is 18.0 Å². The largest absolute Gasteiger partial charge is 0.493 e. The van der Waals surface area contributed by atoms with Crippen molar-refractivity contribution in [2.24, 2.45) is 0 Å². The summed E-state index contributed by atoms with van der Waals surface area (Å²) >= 11 is 0. The second kappa shape index (κ2) is 9.11. The Bertz CT molecular complexity index is 514. The van der Waals surface area contributed by atoms with Crippen molar-refractivity contribution in [1.29, 1.82) is 0 Å². The Balaban J connectivity index is 1.77. The first-order chi connectivity index (χ1) is 10.4. The molecule has 0 fully saturated rings. The van der Waals surface area contributed by atoms with E-state index in [9.17, 15) is 0 Å². The van der Waals surface area contributed by atoms with Gasteiger partial charge in [0.15, 0.2) is 0 Å².